The molecular formula is C19H27NO4. The van der Waals surface area contributed by atoms with Gasteiger partial charge in [0.1, 0.15) is 6.29 Å². The summed E-state index contributed by atoms with van der Waals surface area (Å²) in [6.45, 7) is 4.47. The van der Waals surface area contributed by atoms with Gasteiger partial charge in [-0.15, -0.1) is 0 Å². The average molecular weight is 333 g/mol. The van der Waals surface area contributed by atoms with Crippen LogP contribution in [-0.4, -0.2) is 33.9 Å². The standard InChI is InChI=1S/C19H27NO4/c1-13(2)3-4-19(24)20-7-5-14-9-15(11-22)16(12-23)10-17(14)18(20)6-8-21/h8-10,13,18,22-23H,3-7,11-12H2,1-2H3/t18-/m1/s1. The van der Waals surface area contributed by atoms with Crippen molar-refractivity contribution in [3.05, 3.63) is 34.4 Å². The van der Waals surface area contributed by atoms with Gasteiger partial charge in [0, 0.05) is 19.4 Å². The molecule has 0 aromatic heterocycles. The number of amides is 1. The van der Waals surface area contributed by atoms with Gasteiger partial charge in [0.05, 0.1) is 19.3 Å². The van der Waals surface area contributed by atoms with E-state index in [4.69, 9.17) is 0 Å². The highest BCUT2D eigenvalue weighted by Crippen LogP contribution is 2.34. The maximum absolute atomic E-state index is 12.6. The van der Waals surface area contributed by atoms with E-state index in [9.17, 15) is 19.8 Å². The molecule has 0 bridgehead atoms. The Balaban J connectivity index is 2.33. The lowest BCUT2D eigenvalue weighted by molar-refractivity contribution is -0.134. The van der Waals surface area contributed by atoms with E-state index in [1.54, 1.807) is 4.90 Å². The van der Waals surface area contributed by atoms with Crippen molar-refractivity contribution in [3.8, 4) is 0 Å². The first-order chi connectivity index (χ1) is 11.5. The van der Waals surface area contributed by atoms with Gasteiger partial charge in [0.2, 0.25) is 5.91 Å². The summed E-state index contributed by atoms with van der Waals surface area (Å²) < 4.78 is 0. The zero-order chi connectivity index (χ0) is 17.7. The van der Waals surface area contributed by atoms with Crippen molar-refractivity contribution in [1.29, 1.82) is 0 Å². The molecule has 0 spiro atoms. The SMILES string of the molecule is CC(C)CCC(=O)N1CCc2cc(CO)c(CO)cc2[C@H]1CC=O. The number of aldehydes is 1. The Morgan fingerprint density at radius 3 is 2.54 bits per heavy atom. The molecule has 132 valence electrons. The molecule has 0 radical (unpaired) electrons. The highest BCUT2D eigenvalue weighted by Gasteiger charge is 2.31. The maximum Gasteiger partial charge on any atom is 0.223 e. The number of fused-ring (bicyclic) bond motifs is 1. The normalized spacial score (nSPS) is 17.0. The van der Waals surface area contributed by atoms with Crippen LogP contribution in [0.15, 0.2) is 12.1 Å². The number of aliphatic hydroxyl groups excluding tert-OH is 2. The number of carbonyl (C=O) groups is 2. The van der Waals surface area contributed by atoms with E-state index >= 15 is 0 Å². The fraction of sp³-hybridized carbons (Fsp3) is 0.579. The first-order valence-electron chi connectivity index (χ1n) is 8.61. The summed E-state index contributed by atoms with van der Waals surface area (Å²) in [6, 6.07) is 3.47. The number of hydrogen-bond acceptors (Lipinski definition) is 4. The van der Waals surface area contributed by atoms with Gasteiger partial charge in [-0.3, -0.25) is 4.79 Å². The van der Waals surface area contributed by atoms with E-state index in [2.05, 4.69) is 13.8 Å². The van der Waals surface area contributed by atoms with Crippen LogP contribution in [-0.2, 0) is 29.2 Å². The van der Waals surface area contributed by atoms with Crippen molar-refractivity contribution in [2.45, 2.75) is 58.8 Å². The lowest BCUT2D eigenvalue weighted by atomic mass is 9.87. The van der Waals surface area contributed by atoms with Gasteiger partial charge in [-0.2, -0.15) is 0 Å². The minimum atomic E-state index is -0.274. The molecular weight excluding hydrogens is 306 g/mol. The quantitative estimate of drug-likeness (QED) is 0.749. The molecule has 1 amide bonds. The predicted octanol–water partition coefficient (Wildman–Crippen LogP) is 2.12. The molecule has 0 saturated carbocycles. The number of carbonyl (C=O) groups excluding carboxylic acids is 2. The van der Waals surface area contributed by atoms with Gasteiger partial charge >= 0.3 is 0 Å². The van der Waals surface area contributed by atoms with E-state index < -0.39 is 0 Å². The van der Waals surface area contributed by atoms with Gasteiger partial charge in [0.15, 0.2) is 0 Å². The second-order valence-corrected chi connectivity index (χ2v) is 6.82. The van der Waals surface area contributed by atoms with Crippen LogP contribution in [0.1, 0.15) is 61.4 Å². The smallest absolute Gasteiger partial charge is 0.223 e. The number of aliphatic hydroxyl groups is 2. The molecule has 1 aromatic carbocycles. The first kappa shape index (κ1) is 18.6. The third-order valence-corrected chi connectivity index (χ3v) is 4.73. The molecule has 0 unspecified atom stereocenters. The minimum absolute atomic E-state index is 0.0815. The molecule has 5 heteroatoms. The van der Waals surface area contributed by atoms with Crippen LogP contribution in [0.4, 0.5) is 0 Å². The number of benzene rings is 1. The third-order valence-electron chi connectivity index (χ3n) is 4.73. The van der Waals surface area contributed by atoms with Crippen LogP contribution in [0.3, 0.4) is 0 Å². The van der Waals surface area contributed by atoms with E-state index in [-0.39, 0.29) is 31.6 Å². The van der Waals surface area contributed by atoms with Crippen molar-refractivity contribution >= 4 is 12.2 Å². The van der Waals surface area contributed by atoms with E-state index in [1.807, 2.05) is 12.1 Å². The Hall–Kier alpha value is -1.72. The minimum Gasteiger partial charge on any atom is -0.392 e. The Morgan fingerprint density at radius 1 is 1.29 bits per heavy atom. The summed E-state index contributed by atoms with van der Waals surface area (Å²) in [4.78, 5) is 25.6. The van der Waals surface area contributed by atoms with Crippen LogP contribution in [0.5, 0.6) is 0 Å². The molecule has 0 saturated heterocycles. The second kappa shape index (κ2) is 8.40. The largest absolute Gasteiger partial charge is 0.392 e. The van der Waals surface area contributed by atoms with Crippen molar-refractivity contribution in [2.24, 2.45) is 5.92 Å². The van der Waals surface area contributed by atoms with Crippen molar-refractivity contribution in [1.82, 2.24) is 4.90 Å². The Labute approximate surface area is 143 Å². The molecule has 2 N–H and O–H groups in total. The van der Waals surface area contributed by atoms with Crippen LogP contribution in [0.25, 0.3) is 0 Å². The predicted molar refractivity (Wildman–Crippen MR) is 91.2 cm³/mol. The van der Waals surface area contributed by atoms with Gasteiger partial charge in [-0.1, -0.05) is 26.0 Å². The highest BCUT2D eigenvalue weighted by atomic mass is 16.3. The first-order valence-corrected chi connectivity index (χ1v) is 8.61. The third kappa shape index (κ3) is 4.02. The summed E-state index contributed by atoms with van der Waals surface area (Å²) >= 11 is 0. The van der Waals surface area contributed by atoms with Crippen LogP contribution < -0.4 is 0 Å². The molecule has 1 aromatic rings. The van der Waals surface area contributed by atoms with Crippen molar-refractivity contribution < 1.29 is 19.8 Å². The molecule has 24 heavy (non-hydrogen) atoms. The second-order valence-electron chi connectivity index (χ2n) is 6.82. The summed E-state index contributed by atoms with van der Waals surface area (Å²) in [5.41, 5.74) is 3.34. The van der Waals surface area contributed by atoms with Crippen molar-refractivity contribution in [3.63, 3.8) is 0 Å². The zero-order valence-corrected chi connectivity index (χ0v) is 14.5. The van der Waals surface area contributed by atoms with E-state index in [1.165, 1.54) is 0 Å². The Kier molecular flexibility index (Phi) is 6.52. The summed E-state index contributed by atoms with van der Waals surface area (Å²) in [5.74, 6) is 0.543. The lowest BCUT2D eigenvalue weighted by Gasteiger charge is -2.37. The summed E-state index contributed by atoms with van der Waals surface area (Å²) in [5, 5.41) is 19.0. The van der Waals surface area contributed by atoms with Crippen molar-refractivity contribution in [2.75, 3.05) is 6.54 Å². The van der Waals surface area contributed by atoms with Gasteiger partial charge in [0.25, 0.3) is 0 Å². The molecule has 0 fully saturated rings. The Morgan fingerprint density at radius 2 is 1.96 bits per heavy atom. The van der Waals surface area contributed by atoms with Gasteiger partial charge in [-0.25, -0.2) is 0 Å². The Bertz CT molecular complexity index is 597. The summed E-state index contributed by atoms with van der Waals surface area (Å²) in [7, 11) is 0. The average Bonchev–Trinajstić information content (AvgIpc) is 2.58. The molecule has 0 aliphatic carbocycles. The van der Waals surface area contributed by atoms with Crippen LogP contribution in [0.2, 0.25) is 0 Å². The monoisotopic (exact) mass is 333 g/mol. The van der Waals surface area contributed by atoms with Crippen LogP contribution >= 0.6 is 0 Å². The van der Waals surface area contributed by atoms with Crippen LogP contribution in [0, 0.1) is 5.92 Å². The number of nitrogens with zero attached hydrogens (tertiary/aromatic N) is 1. The number of rotatable bonds is 7. The maximum atomic E-state index is 12.6. The molecule has 1 aliphatic heterocycles. The number of hydrogen-bond donors (Lipinski definition) is 2. The summed E-state index contributed by atoms with van der Waals surface area (Å²) in [6.07, 6.45) is 3.13. The zero-order valence-electron chi connectivity index (χ0n) is 14.5. The molecule has 5 nitrogen and oxygen atoms in total. The van der Waals surface area contributed by atoms with Gasteiger partial charge < -0.3 is 19.9 Å². The topological polar surface area (TPSA) is 77.8 Å². The molecule has 1 heterocycles. The van der Waals surface area contributed by atoms with Gasteiger partial charge in [-0.05, 0) is 41.0 Å². The fourth-order valence-electron chi connectivity index (χ4n) is 3.34. The molecule has 1 atom stereocenters. The highest BCUT2D eigenvalue weighted by molar-refractivity contribution is 5.77. The molecule has 2 rings (SSSR count). The molecule has 1 aliphatic rings. The van der Waals surface area contributed by atoms with E-state index in [0.717, 1.165) is 23.8 Å². The van der Waals surface area contributed by atoms with E-state index in [0.29, 0.717) is 36.4 Å². The lowest BCUT2D eigenvalue weighted by Crippen LogP contribution is -2.40. The fourth-order valence-corrected chi connectivity index (χ4v) is 3.34.